The highest BCUT2D eigenvalue weighted by atomic mass is 16.6. The van der Waals surface area contributed by atoms with E-state index >= 15 is 0 Å². The molecule has 4 aliphatic rings. The summed E-state index contributed by atoms with van der Waals surface area (Å²) in [4.78, 5) is 55.5. The Kier molecular flexibility index (Phi) is 10.4. The van der Waals surface area contributed by atoms with Crippen LogP contribution in [-0.2, 0) is 27.5 Å². The van der Waals surface area contributed by atoms with Crippen LogP contribution >= 0.6 is 0 Å². The molecule has 2 fully saturated rings. The van der Waals surface area contributed by atoms with Gasteiger partial charge < -0.3 is 29.4 Å². The summed E-state index contributed by atoms with van der Waals surface area (Å²) in [6.07, 6.45) is 6.95. The molecule has 0 saturated carbocycles. The van der Waals surface area contributed by atoms with Crippen molar-refractivity contribution in [1.82, 2.24) is 25.1 Å². The van der Waals surface area contributed by atoms with Crippen LogP contribution in [0.2, 0.25) is 0 Å². The molecule has 302 valence electrons. The smallest absolute Gasteiger partial charge is 0.410 e. The Morgan fingerprint density at radius 1 is 0.915 bits per heavy atom. The van der Waals surface area contributed by atoms with Crippen LogP contribution in [-0.4, -0.2) is 75.9 Å². The Balaban J connectivity index is 0.873. The number of aromatic amines is 1. The minimum Gasteiger partial charge on any atom is -0.488 e. The number of ether oxygens (including phenoxy) is 3. The van der Waals surface area contributed by atoms with Gasteiger partial charge in [-0.15, -0.1) is 0 Å². The molecular formula is C47H48N6O6. The van der Waals surface area contributed by atoms with Gasteiger partial charge in [0.25, 0.3) is 0 Å². The van der Waals surface area contributed by atoms with Gasteiger partial charge in [0.2, 0.25) is 5.91 Å². The van der Waals surface area contributed by atoms with Crippen LogP contribution < -0.4 is 10.1 Å². The zero-order chi connectivity index (χ0) is 40.6. The third kappa shape index (κ3) is 7.43. The molecule has 3 amide bonds. The molecule has 5 aromatic rings. The van der Waals surface area contributed by atoms with Crippen molar-refractivity contribution in [2.24, 2.45) is 10.9 Å². The summed E-state index contributed by atoms with van der Waals surface area (Å²) in [7, 11) is 1.31. The van der Waals surface area contributed by atoms with Crippen molar-refractivity contribution in [3.63, 3.8) is 0 Å². The predicted molar refractivity (Wildman–Crippen MR) is 226 cm³/mol. The average Bonchev–Trinajstić information content (AvgIpc) is 4.11. The summed E-state index contributed by atoms with van der Waals surface area (Å²) in [6, 6.07) is 25.9. The average molecular weight is 793 g/mol. The van der Waals surface area contributed by atoms with E-state index < -0.39 is 12.1 Å². The molecule has 0 radical (unpaired) electrons. The number of rotatable bonds is 9. The number of fused-ring (bicyclic) bond motifs is 5. The van der Waals surface area contributed by atoms with Gasteiger partial charge in [-0.25, -0.2) is 14.6 Å². The van der Waals surface area contributed by atoms with Gasteiger partial charge in [-0.05, 0) is 83.0 Å². The molecular weight excluding hydrogens is 745 g/mol. The van der Waals surface area contributed by atoms with Gasteiger partial charge >= 0.3 is 12.2 Å². The number of carbonyl (C=O) groups is 3. The molecule has 0 spiro atoms. The van der Waals surface area contributed by atoms with E-state index in [2.05, 4.69) is 58.8 Å². The Morgan fingerprint density at radius 3 is 2.51 bits per heavy atom. The summed E-state index contributed by atoms with van der Waals surface area (Å²) in [6.45, 7) is 5.80. The summed E-state index contributed by atoms with van der Waals surface area (Å²) in [5.41, 5.74) is 9.33. The number of aliphatic imine (C=N–C) groups is 1. The predicted octanol–water partition coefficient (Wildman–Crippen LogP) is 8.82. The first-order chi connectivity index (χ1) is 28.7. The van der Waals surface area contributed by atoms with Crippen LogP contribution in [0.25, 0.3) is 38.7 Å². The molecule has 59 heavy (non-hydrogen) atoms. The molecule has 3 atom stereocenters. The number of benzene rings is 4. The van der Waals surface area contributed by atoms with Crippen LogP contribution in [0.3, 0.4) is 0 Å². The Hall–Kier alpha value is -6.43. The van der Waals surface area contributed by atoms with Crippen LogP contribution in [0, 0.1) is 5.92 Å². The lowest BCUT2D eigenvalue weighted by Gasteiger charge is -2.31. The molecule has 0 aliphatic carbocycles. The van der Waals surface area contributed by atoms with Crippen LogP contribution in [0.4, 0.5) is 9.59 Å². The Morgan fingerprint density at radius 2 is 1.69 bits per heavy atom. The number of alkyl carbamates (subject to hydrolysis) is 1. The number of allylic oxidation sites excluding steroid dienone is 1. The van der Waals surface area contributed by atoms with E-state index in [-0.39, 0.29) is 36.6 Å². The summed E-state index contributed by atoms with van der Waals surface area (Å²) in [5.74, 6) is 1.44. The van der Waals surface area contributed by atoms with Gasteiger partial charge in [-0.3, -0.25) is 14.7 Å². The second-order valence-corrected chi connectivity index (χ2v) is 16.1. The monoisotopic (exact) mass is 792 g/mol. The van der Waals surface area contributed by atoms with E-state index in [0.717, 1.165) is 98.4 Å². The number of nitrogens with zero attached hydrogens (tertiary/aromatic N) is 4. The highest BCUT2D eigenvalue weighted by Gasteiger charge is 2.39. The van der Waals surface area contributed by atoms with Crippen molar-refractivity contribution in [1.29, 1.82) is 0 Å². The van der Waals surface area contributed by atoms with E-state index in [1.807, 2.05) is 61.5 Å². The number of amides is 3. The van der Waals surface area contributed by atoms with Crippen molar-refractivity contribution >= 4 is 40.2 Å². The molecule has 1 aromatic heterocycles. The molecule has 0 unspecified atom stereocenters. The molecule has 4 aliphatic heterocycles. The Bertz CT molecular complexity index is 2490. The molecule has 4 aromatic carbocycles. The number of methoxy groups -OCH3 is 1. The lowest BCUT2D eigenvalue weighted by molar-refractivity contribution is -0.134. The van der Waals surface area contributed by atoms with Crippen LogP contribution in [0.15, 0.2) is 96.3 Å². The van der Waals surface area contributed by atoms with Crippen molar-refractivity contribution < 1.29 is 28.6 Å². The fourth-order valence-electron chi connectivity index (χ4n) is 8.97. The number of nitrogens with one attached hydrogen (secondary N) is 2. The Labute approximate surface area is 343 Å². The zero-order valence-electron chi connectivity index (χ0n) is 33.6. The van der Waals surface area contributed by atoms with Gasteiger partial charge in [-0.1, -0.05) is 74.5 Å². The largest absolute Gasteiger partial charge is 0.488 e. The zero-order valence-corrected chi connectivity index (χ0v) is 33.6. The molecule has 2 N–H and O–H groups in total. The number of likely N-dealkylation sites (tertiary alicyclic amines) is 2. The highest BCUT2D eigenvalue weighted by Crippen LogP contribution is 2.44. The van der Waals surface area contributed by atoms with E-state index in [1.165, 1.54) is 7.11 Å². The molecule has 9 rings (SSSR count). The SMILES string of the molecule is COC(=O)N[C@H](C(=O)N1CCC[C@H]1C1=NC=C(c2ccc3c(c2)COc2c-3ccc3cc(-c4cnc([C@@H]5CCCN5C(=O)OCc5ccccc5)[nH]4)ccc23)C1)C(C)C. The molecule has 0 bridgehead atoms. The number of hydrogen-bond acceptors (Lipinski definition) is 8. The third-order valence-corrected chi connectivity index (χ3v) is 12.1. The maximum atomic E-state index is 13.7. The lowest BCUT2D eigenvalue weighted by Crippen LogP contribution is -2.53. The van der Waals surface area contributed by atoms with E-state index in [9.17, 15) is 14.4 Å². The standard InChI is InChI=1S/C47H48N6O6/c1-28(2)42(51-46(55)57-3)45(54)52-19-7-11-40(52)38-23-33(24-48-38)30-13-16-35-34(21-30)27-58-43-36-17-15-32(22-31(36)14-18-37(35)43)39-25-49-44(50-39)41-12-8-20-53(41)47(56)59-26-29-9-5-4-6-10-29/h4-6,9-10,13-18,21-22,24-25,28,40-42H,7-8,11-12,19-20,23,26-27H2,1-3H3,(H,49,50)(H,51,55)/t40-,41-,42-/m0/s1. The topological polar surface area (TPSA) is 138 Å². The number of aromatic nitrogens is 2. The fourth-order valence-corrected chi connectivity index (χ4v) is 8.97. The summed E-state index contributed by atoms with van der Waals surface area (Å²) >= 11 is 0. The van der Waals surface area contributed by atoms with Crippen LogP contribution in [0.1, 0.15) is 74.5 Å². The first-order valence-electron chi connectivity index (χ1n) is 20.5. The van der Waals surface area contributed by atoms with E-state index in [1.54, 1.807) is 4.90 Å². The number of hydrogen-bond donors (Lipinski definition) is 2. The van der Waals surface area contributed by atoms with Crippen molar-refractivity contribution in [2.75, 3.05) is 20.2 Å². The van der Waals surface area contributed by atoms with E-state index in [4.69, 9.17) is 24.2 Å². The highest BCUT2D eigenvalue weighted by molar-refractivity contribution is 6.04. The number of imidazole rings is 1. The maximum absolute atomic E-state index is 13.7. The molecule has 2 saturated heterocycles. The maximum Gasteiger partial charge on any atom is 0.410 e. The number of H-pyrrole nitrogens is 1. The minimum atomic E-state index is -0.663. The number of carbonyl (C=O) groups excluding carboxylic acids is 3. The quantitative estimate of drug-likeness (QED) is 0.152. The second kappa shape index (κ2) is 16.1. The second-order valence-electron chi connectivity index (χ2n) is 16.1. The summed E-state index contributed by atoms with van der Waals surface area (Å²) in [5, 5.41) is 4.83. The molecule has 12 heteroatoms. The van der Waals surface area contributed by atoms with Gasteiger partial charge in [0.1, 0.15) is 30.8 Å². The fraction of sp³-hybridized carbons (Fsp3) is 0.340. The van der Waals surface area contributed by atoms with Crippen molar-refractivity contribution in [2.45, 2.75) is 77.3 Å². The lowest BCUT2D eigenvalue weighted by atomic mass is 9.90. The molecule has 12 nitrogen and oxygen atoms in total. The normalized spacial score (nSPS) is 18.8. The van der Waals surface area contributed by atoms with Crippen molar-refractivity contribution in [3.8, 4) is 28.1 Å². The van der Waals surface area contributed by atoms with Gasteiger partial charge in [0, 0.05) is 47.9 Å². The first-order valence-corrected chi connectivity index (χ1v) is 20.5. The van der Waals surface area contributed by atoms with Crippen molar-refractivity contribution in [3.05, 3.63) is 114 Å². The minimum absolute atomic E-state index is 0.0865. The van der Waals surface area contributed by atoms with Gasteiger partial charge in [-0.2, -0.15) is 0 Å². The third-order valence-electron chi connectivity index (χ3n) is 12.1. The van der Waals surface area contributed by atoms with Crippen LogP contribution in [0.5, 0.6) is 5.75 Å². The van der Waals surface area contributed by atoms with E-state index in [0.29, 0.717) is 26.1 Å². The first kappa shape index (κ1) is 38.1. The van der Waals surface area contributed by atoms with Gasteiger partial charge in [0.15, 0.2) is 0 Å². The molecule has 5 heterocycles. The summed E-state index contributed by atoms with van der Waals surface area (Å²) < 4.78 is 16.9. The van der Waals surface area contributed by atoms with Gasteiger partial charge in [0.05, 0.1) is 31.1 Å².